The van der Waals surface area contributed by atoms with Gasteiger partial charge in [0.1, 0.15) is 5.75 Å². The van der Waals surface area contributed by atoms with Gasteiger partial charge in [-0.05, 0) is 72.3 Å². The predicted octanol–water partition coefficient (Wildman–Crippen LogP) is 4.78. The van der Waals surface area contributed by atoms with Crippen LogP contribution >= 0.6 is 22.6 Å². The molecule has 2 rings (SSSR count). The highest BCUT2D eigenvalue weighted by Crippen LogP contribution is 2.28. The van der Waals surface area contributed by atoms with Gasteiger partial charge in [-0.25, -0.2) is 0 Å². The van der Waals surface area contributed by atoms with E-state index in [1.807, 2.05) is 6.07 Å². The third-order valence-electron chi connectivity index (χ3n) is 3.19. The molecule has 0 aliphatic heterocycles. The van der Waals surface area contributed by atoms with E-state index in [1.165, 1.54) is 14.7 Å². The molecule has 2 aromatic rings. The second-order valence-electron chi connectivity index (χ2n) is 5.25. The van der Waals surface area contributed by atoms with Gasteiger partial charge in [0.05, 0.1) is 12.1 Å². The van der Waals surface area contributed by atoms with Crippen LogP contribution in [-0.2, 0) is 0 Å². The first-order valence-corrected chi connectivity index (χ1v) is 8.44. The van der Waals surface area contributed by atoms with Gasteiger partial charge in [-0.1, -0.05) is 37.3 Å². The molecule has 0 amide bonds. The van der Waals surface area contributed by atoms with Crippen molar-refractivity contribution < 1.29 is 4.74 Å². The van der Waals surface area contributed by atoms with Crippen molar-refractivity contribution in [2.24, 2.45) is 0 Å². The zero-order chi connectivity index (χ0) is 15.2. The zero-order valence-electron chi connectivity index (χ0n) is 12.8. The smallest absolute Gasteiger partial charge is 0.120 e. The van der Waals surface area contributed by atoms with E-state index >= 15 is 0 Å². The highest BCUT2D eigenvalue weighted by atomic mass is 127. The van der Waals surface area contributed by atoms with E-state index < -0.39 is 0 Å². The van der Waals surface area contributed by atoms with Crippen molar-refractivity contribution in [3.8, 4) is 5.75 Å². The van der Waals surface area contributed by atoms with E-state index in [0.717, 1.165) is 12.3 Å². The molecule has 0 aromatic heterocycles. The van der Waals surface area contributed by atoms with Crippen LogP contribution in [0.25, 0.3) is 0 Å². The summed E-state index contributed by atoms with van der Waals surface area (Å²) in [6.07, 6.45) is 0.190. The largest absolute Gasteiger partial charge is 0.491 e. The molecule has 0 saturated carbocycles. The Morgan fingerprint density at radius 1 is 1.10 bits per heavy atom. The molecule has 2 aromatic carbocycles. The summed E-state index contributed by atoms with van der Waals surface area (Å²) in [5, 5.41) is 3.58. The normalized spacial score (nSPS) is 12.4. The summed E-state index contributed by atoms with van der Waals surface area (Å²) in [7, 11) is 0. The van der Waals surface area contributed by atoms with Crippen LogP contribution in [0.5, 0.6) is 5.75 Å². The number of hydrogen-bond acceptors (Lipinski definition) is 2. The minimum atomic E-state index is 0.190. The molecule has 1 unspecified atom stereocenters. The highest BCUT2D eigenvalue weighted by molar-refractivity contribution is 14.1. The topological polar surface area (TPSA) is 21.3 Å². The Labute approximate surface area is 141 Å². The standard InChI is InChI=1S/C18H22INO/c1-4-20-18(16-10-5-6-11-17(16)19)14-8-7-9-15(12-14)21-13(2)3/h5-13,18,20H,4H2,1-3H3. The van der Waals surface area contributed by atoms with E-state index in [9.17, 15) is 0 Å². The third-order valence-corrected chi connectivity index (χ3v) is 4.17. The van der Waals surface area contributed by atoms with E-state index in [2.05, 4.69) is 91.1 Å². The van der Waals surface area contributed by atoms with E-state index in [0.29, 0.717) is 0 Å². The van der Waals surface area contributed by atoms with Crippen LogP contribution in [0, 0.1) is 3.57 Å². The molecule has 3 heteroatoms. The number of ether oxygens (including phenoxy) is 1. The van der Waals surface area contributed by atoms with E-state index in [-0.39, 0.29) is 12.1 Å². The SMILES string of the molecule is CCNC(c1cccc(OC(C)C)c1)c1ccccc1I. The van der Waals surface area contributed by atoms with Gasteiger partial charge in [-0.2, -0.15) is 0 Å². The number of halogens is 1. The molecule has 0 spiro atoms. The molecule has 21 heavy (non-hydrogen) atoms. The lowest BCUT2D eigenvalue weighted by atomic mass is 9.98. The molecule has 0 fully saturated rings. The number of hydrogen-bond donors (Lipinski definition) is 1. The van der Waals surface area contributed by atoms with Crippen molar-refractivity contribution >= 4 is 22.6 Å². The summed E-state index contributed by atoms with van der Waals surface area (Å²) in [5.74, 6) is 0.927. The maximum atomic E-state index is 5.82. The maximum absolute atomic E-state index is 5.82. The van der Waals surface area contributed by atoms with Crippen LogP contribution in [0.2, 0.25) is 0 Å². The average Bonchev–Trinajstić information content (AvgIpc) is 2.45. The number of rotatable bonds is 6. The van der Waals surface area contributed by atoms with Crippen molar-refractivity contribution in [1.82, 2.24) is 5.32 Å². The Morgan fingerprint density at radius 2 is 1.86 bits per heavy atom. The lowest BCUT2D eigenvalue weighted by molar-refractivity contribution is 0.242. The summed E-state index contributed by atoms with van der Waals surface area (Å²) in [4.78, 5) is 0. The Bertz CT molecular complexity index is 583. The first-order valence-electron chi connectivity index (χ1n) is 7.36. The minimum absolute atomic E-state index is 0.190. The molecule has 1 N–H and O–H groups in total. The number of benzene rings is 2. The summed E-state index contributed by atoms with van der Waals surface area (Å²) in [5.41, 5.74) is 2.54. The molecule has 0 bridgehead atoms. The monoisotopic (exact) mass is 395 g/mol. The molecule has 0 radical (unpaired) electrons. The van der Waals surface area contributed by atoms with Gasteiger partial charge in [0.15, 0.2) is 0 Å². The van der Waals surface area contributed by atoms with Crippen molar-refractivity contribution in [3.63, 3.8) is 0 Å². The molecular formula is C18H22INO. The Balaban J connectivity index is 2.36. The van der Waals surface area contributed by atoms with Crippen LogP contribution < -0.4 is 10.1 Å². The van der Waals surface area contributed by atoms with Gasteiger partial charge in [-0.3, -0.25) is 0 Å². The lowest BCUT2D eigenvalue weighted by Gasteiger charge is -2.21. The highest BCUT2D eigenvalue weighted by Gasteiger charge is 2.16. The molecule has 112 valence electrons. The van der Waals surface area contributed by atoms with E-state index in [1.54, 1.807) is 0 Å². The molecule has 0 aliphatic carbocycles. The Hall–Kier alpha value is -1.07. The lowest BCUT2D eigenvalue weighted by Crippen LogP contribution is -2.23. The van der Waals surface area contributed by atoms with Crippen molar-refractivity contribution in [2.75, 3.05) is 6.54 Å². The van der Waals surface area contributed by atoms with Crippen molar-refractivity contribution in [1.29, 1.82) is 0 Å². The zero-order valence-corrected chi connectivity index (χ0v) is 14.9. The molecule has 2 nitrogen and oxygen atoms in total. The second-order valence-corrected chi connectivity index (χ2v) is 6.41. The second kappa shape index (κ2) is 7.80. The Morgan fingerprint density at radius 3 is 2.52 bits per heavy atom. The summed E-state index contributed by atoms with van der Waals surface area (Å²) < 4.78 is 7.09. The maximum Gasteiger partial charge on any atom is 0.120 e. The Kier molecular flexibility index (Phi) is 6.06. The molecule has 0 heterocycles. The van der Waals surface area contributed by atoms with Gasteiger partial charge < -0.3 is 10.1 Å². The molecule has 0 saturated heterocycles. The van der Waals surface area contributed by atoms with Gasteiger partial charge >= 0.3 is 0 Å². The first-order chi connectivity index (χ1) is 10.1. The van der Waals surface area contributed by atoms with Crippen LogP contribution in [0.15, 0.2) is 48.5 Å². The third kappa shape index (κ3) is 4.45. The van der Waals surface area contributed by atoms with Gasteiger partial charge in [0, 0.05) is 3.57 Å². The molecular weight excluding hydrogens is 373 g/mol. The van der Waals surface area contributed by atoms with Gasteiger partial charge in [0.2, 0.25) is 0 Å². The van der Waals surface area contributed by atoms with Gasteiger partial charge in [-0.15, -0.1) is 0 Å². The summed E-state index contributed by atoms with van der Waals surface area (Å²) in [6, 6.07) is 17.1. The summed E-state index contributed by atoms with van der Waals surface area (Å²) >= 11 is 2.40. The molecule has 1 atom stereocenters. The predicted molar refractivity (Wildman–Crippen MR) is 96.9 cm³/mol. The average molecular weight is 395 g/mol. The van der Waals surface area contributed by atoms with Crippen molar-refractivity contribution in [3.05, 3.63) is 63.2 Å². The fourth-order valence-electron chi connectivity index (χ4n) is 2.36. The van der Waals surface area contributed by atoms with Crippen LogP contribution in [0.3, 0.4) is 0 Å². The van der Waals surface area contributed by atoms with Crippen LogP contribution in [0.4, 0.5) is 0 Å². The van der Waals surface area contributed by atoms with Crippen molar-refractivity contribution in [2.45, 2.75) is 32.9 Å². The quantitative estimate of drug-likeness (QED) is 0.711. The first kappa shape index (κ1) is 16.3. The van der Waals surface area contributed by atoms with Gasteiger partial charge in [0.25, 0.3) is 0 Å². The van der Waals surface area contributed by atoms with E-state index in [4.69, 9.17) is 4.74 Å². The fraction of sp³-hybridized carbons (Fsp3) is 0.333. The fourth-order valence-corrected chi connectivity index (χ4v) is 3.06. The van der Waals surface area contributed by atoms with Crippen LogP contribution in [-0.4, -0.2) is 12.6 Å². The minimum Gasteiger partial charge on any atom is -0.491 e. The number of nitrogens with one attached hydrogen (secondary N) is 1. The molecule has 0 aliphatic rings. The summed E-state index contributed by atoms with van der Waals surface area (Å²) in [6.45, 7) is 7.16. The van der Waals surface area contributed by atoms with Crippen LogP contribution in [0.1, 0.15) is 37.9 Å².